The van der Waals surface area contributed by atoms with E-state index in [2.05, 4.69) is 41.2 Å². The summed E-state index contributed by atoms with van der Waals surface area (Å²) < 4.78 is 1.12. The molecule has 1 unspecified atom stereocenters. The molecule has 0 bridgehead atoms. The monoisotopic (exact) mass is 305 g/mol. The molecule has 1 heterocycles. The molecule has 0 aromatic carbocycles. The van der Waals surface area contributed by atoms with Crippen molar-refractivity contribution < 1.29 is 5.11 Å². The third-order valence-electron chi connectivity index (χ3n) is 2.40. The highest BCUT2D eigenvalue weighted by atomic mass is 79.9. The van der Waals surface area contributed by atoms with E-state index in [0.717, 1.165) is 23.2 Å². The second-order valence-electron chi connectivity index (χ2n) is 4.74. The molecule has 1 aromatic heterocycles. The molecule has 0 saturated carbocycles. The first-order chi connectivity index (χ1) is 7.39. The Kier molecular flexibility index (Phi) is 5.44. The summed E-state index contributed by atoms with van der Waals surface area (Å²) in [6, 6.07) is 4.58. The van der Waals surface area contributed by atoms with Gasteiger partial charge in [0.25, 0.3) is 0 Å². The molecule has 0 amide bonds. The fraction of sp³-hybridized carbons (Fsp3) is 0.667. The fourth-order valence-corrected chi connectivity index (χ4v) is 3.20. The van der Waals surface area contributed by atoms with E-state index in [0.29, 0.717) is 6.04 Å². The minimum Gasteiger partial charge on any atom is -0.390 e. The Bertz CT molecular complexity index is 323. The van der Waals surface area contributed by atoms with Crippen LogP contribution >= 0.6 is 27.3 Å². The Labute approximate surface area is 110 Å². The van der Waals surface area contributed by atoms with Gasteiger partial charge in [0.1, 0.15) is 0 Å². The standard InChI is InChI=1S/C12H20BrNOS/c1-9(2)14-7-6-12(3,15)8-10-4-5-11(13)16-10/h4-5,9,14-15H,6-8H2,1-3H3. The molecule has 0 radical (unpaired) electrons. The van der Waals surface area contributed by atoms with Gasteiger partial charge in [0.05, 0.1) is 9.39 Å². The summed E-state index contributed by atoms with van der Waals surface area (Å²) in [6.07, 6.45) is 1.50. The van der Waals surface area contributed by atoms with Crippen LogP contribution in [0.4, 0.5) is 0 Å². The maximum Gasteiger partial charge on any atom is 0.0701 e. The average molecular weight is 306 g/mol. The fourth-order valence-electron chi connectivity index (χ4n) is 1.54. The Balaban J connectivity index is 2.39. The molecule has 2 nitrogen and oxygen atoms in total. The zero-order valence-corrected chi connectivity index (χ0v) is 12.5. The maximum absolute atomic E-state index is 10.2. The van der Waals surface area contributed by atoms with Crippen molar-refractivity contribution in [2.24, 2.45) is 0 Å². The van der Waals surface area contributed by atoms with E-state index >= 15 is 0 Å². The number of rotatable bonds is 6. The highest BCUT2D eigenvalue weighted by molar-refractivity contribution is 9.11. The van der Waals surface area contributed by atoms with E-state index in [1.807, 2.05) is 13.0 Å². The van der Waals surface area contributed by atoms with Crippen molar-refractivity contribution in [2.75, 3.05) is 6.54 Å². The SMILES string of the molecule is CC(C)NCCC(C)(O)Cc1ccc(Br)s1. The minimum absolute atomic E-state index is 0.478. The zero-order chi connectivity index (χ0) is 12.2. The number of thiophene rings is 1. The lowest BCUT2D eigenvalue weighted by atomic mass is 9.97. The molecule has 0 saturated heterocycles. The molecule has 1 atom stereocenters. The summed E-state index contributed by atoms with van der Waals surface area (Å²) in [6.45, 7) is 7.00. The van der Waals surface area contributed by atoms with E-state index in [-0.39, 0.29) is 0 Å². The first-order valence-corrected chi connectivity index (χ1v) is 7.20. The first kappa shape index (κ1) is 14.2. The molecule has 1 rings (SSSR count). The van der Waals surface area contributed by atoms with Crippen LogP contribution in [0.15, 0.2) is 15.9 Å². The van der Waals surface area contributed by atoms with Crippen LogP contribution in [0, 0.1) is 0 Å². The maximum atomic E-state index is 10.2. The van der Waals surface area contributed by atoms with Gasteiger partial charge in [-0.15, -0.1) is 11.3 Å². The van der Waals surface area contributed by atoms with Crippen molar-refractivity contribution in [2.45, 2.75) is 45.3 Å². The van der Waals surface area contributed by atoms with Gasteiger partial charge >= 0.3 is 0 Å². The van der Waals surface area contributed by atoms with Crippen LogP contribution in [0.5, 0.6) is 0 Å². The van der Waals surface area contributed by atoms with Crippen molar-refractivity contribution >= 4 is 27.3 Å². The van der Waals surface area contributed by atoms with Crippen molar-refractivity contribution in [3.63, 3.8) is 0 Å². The topological polar surface area (TPSA) is 32.3 Å². The van der Waals surface area contributed by atoms with Crippen LogP contribution in [-0.4, -0.2) is 23.3 Å². The molecule has 1 aromatic rings. The highest BCUT2D eigenvalue weighted by Crippen LogP contribution is 2.26. The van der Waals surface area contributed by atoms with E-state index in [4.69, 9.17) is 0 Å². The van der Waals surface area contributed by atoms with Gasteiger partial charge in [-0.1, -0.05) is 13.8 Å². The second kappa shape index (κ2) is 6.15. The summed E-state index contributed by atoms with van der Waals surface area (Å²) in [5.74, 6) is 0. The molecular weight excluding hydrogens is 286 g/mol. The smallest absolute Gasteiger partial charge is 0.0701 e. The molecule has 0 spiro atoms. The number of nitrogens with one attached hydrogen (secondary N) is 1. The lowest BCUT2D eigenvalue weighted by molar-refractivity contribution is 0.0519. The summed E-state index contributed by atoms with van der Waals surface area (Å²) in [5.41, 5.74) is -0.619. The van der Waals surface area contributed by atoms with Crippen LogP contribution in [-0.2, 0) is 6.42 Å². The first-order valence-electron chi connectivity index (χ1n) is 5.59. The van der Waals surface area contributed by atoms with E-state index in [1.165, 1.54) is 4.88 Å². The Morgan fingerprint density at radius 3 is 2.69 bits per heavy atom. The third kappa shape index (κ3) is 5.43. The van der Waals surface area contributed by atoms with Gasteiger partial charge in [-0.25, -0.2) is 0 Å². The van der Waals surface area contributed by atoms with Crippen molar-refractivity contribution in [3.8, 4) is 0 Å². The van der Waals surface area contributed by atoms with Crippen molar-refractivity contribution in [3.05, 3.63) is 20.8 Å². The van der Waals surface area contributed by atoms with Gasteiger partial charge in [-0.2, -0.15) is 0 Å². The van der Waals surface area contributed by atoms with Gasteiger partial charge < -0.3 is 10.4 Å². The Morgan fingerprint density at radius 1 is 1.50 bits per heavy atom. The molecule has 0 aliphatic rings. The van der Waals surface area contributed by atoms with Gasteiger partial charge in [-0.3, -0.25) is 0 Å². The summed E-state index contributed by atoms with van der Waals surface area (Å²) >= 11 is 5.13. The number of halogens is 1. The summed E-state index contributed by atoms with van der Waals surface area (Å²) in [5, 5.41) is 13.6. The molecule has 4 heteroatoms. The number of hydrogen-bond donors (Lipinski definition) is 2. The quantitative estimate of drug-likeness (QED) is 0.846. The van der Waals surface area contributed by atoms with Crippen LogP contribution in [0.25, 0.3) is 0 Å². The predicted octanol–water partition coefficient (Wildman–Crippen LogP) is 3.19. The largest absolute Gasteiger partial charge is 0.390 e. The summed E-state index contributed by atoms with van der Waals surface area (Å²) in [7, 11) is 0. The molecule has 92 valence electrons. The molecule has 16 heavy (non-hydrogen) atoms. The summed E-state index contributed by atoms with van der Waals surface area (Å²) in [4.78, 5) is 1.22. The second-order valence-corrected chi connectivity index (χ2v) is 7.29. The molecule has 0 aliphatic heterocycles. The third-order valence-corrected chi connectivity index (χ3v) is 4.02. The molecule has 2 N–H and O–H groups in total. The van der Waals surface area contributed by atoms with Gasteiger partial charge in [0.2, 0.25) is 0 Å². The lowest BCUT2D eigenvalue weighted by Gasteiger charge is -2.23. The van der Waals surface area contributed by atoms with Gasteiger partial charge in [0, 0.05) is 17.3 Å². The average Bonchev–Trinajstić information content (AvgIpc) is 2.48. The van der Waals surface area contributed by atoms with Crippen LogP contribution < -0.4 is 5.32 Å². The number of aliphatic hydroxyl groups is 1. The Hall–Kier alpha value is 0.1000. The van der Waals surface area contributed by atoms with Gasteiger partial charge in [0.15, 0.2) is 0 Å². The predicted molar refractivity (Wildman–Crippen MR) is 74.1 cm³/mol. The zero-order valence-electron chi connectivity index (χ0n) is 10.1. The van der Waals surface area contributed by atoms with Crippen molar-refractivity contribution in [1.82, 2.24) is 5.32 Å². The van der Waals surface area contributed by atoms with E-state index in [1.54, 1.807) is 11.3 Å². The van der Waals surface area contributed by atoms with E-state index in [9.17, 15) is 5.11 Å². The molecular formula is C12H20BrNOS. The highest BCUT2D eigenvalue weighted by Gasteiger charge is 2.21. The number of hydrogen-bond acceptors (Lipinski definition) is 3. The van der Waals surface area contributed by atoms with Crippen LogP contribution in [0.1, 0.15) is 32.1 Å². The van der Waals surface area contributed by atoms with Crippen LogP contribution in [0.2, 0.25) is 0 Å². The normalized spacial score (nSPS) is 15.4. The Morgan fingerprint density at radius 2 is 2.19 bits per heavy atom. The van der Waals surface area contributed by atoms with Crippen LogP contribution in [0.3, 0.4) is 0 Å². The molecule has 0 aliphatic carbocycles. The van der Waals surface area contributed by atoms with E-state index < -0.39 is 5.60 Å². The lowest BCUT2D eigenvalue weighted by Crippen LogP contribution is -2.34. The molecule has 0 fully saturated rings. The van der Waals surface area contributed by atoms with Crippen molar-refractivity contribution in [1.29, 1.82) is 0 Å². The minimum atomic E-state index is -0.619. The van der Waals surface area contributed by atoms with Gasteiger partial charge in [-0.05, 0) is 48.0 Å².